The van der Waals surface area contributed by atoms with Crippen LogP contribution in [0.3, 0.4) is 0 Å². The number of aliphatic hydroxyl groups is 1. The van der Waals surface area contributed by atoms with Gasteiger partial charge in [-0.15, -0.1) is 0 Å². The molecule has 0 unspecified atom stereocenters. The van der Waals surface area contributed by atoms with E-state index in [9.17, 15) is 36.3 Å². The van der Waals surface area contributed by atoms with Crippen molar-refractivity contribution in [3.8, 4) is 11.4 Å². The number of sulfone groups is 1. The standard InChI is InChI=1S/C24H26F3N3O6S/c1-13(23(2,3)33)29-19-9-14(20(31)28-24(4)11-37(34,35)12-24)5-8-17(19)30(22(29)32)18-10-15(36-21(26)27)6-7-16(18)25/h5-10,13,21,33H,11-12H2,1-4H3,(H,28,31)/t13-/m1/s1. The number of fused-ring (bicyclic) bond motifs is 1. The van der Waals surface area contributed by atoms with E-state index in [-0.39, 0.29) is 39.5 Å². The third-order valence-electron chi connectivity index (χ3n) is 6.42. The van der Waals surface area contributed by atoms with Crippen LogP contribution >= 0.6 is 0 Å². The molecule has 3 aromatic rings. The second kappa shape index (κ2) is 8.91. The normalized spacial score (nSPS) is 17.4. The van der Waals surface area contributed by atoms with E-state index >= 15 is 0 Å². The topological polar surface area (TPSA) is 120 Å². The maximum absolute atomic E-state index is 14.9. The molecule has 2 heterocycles. The number of amides is 1. The first-order valence-electron chi connectivity index (χ1n) is 11.3. The molecule has 200 valence electrons. The third-order valence-corrected chi connectivity index (χ3v) is 8.57. The Balaban J connectivity index is 1.88. The molecular weight excluding hydrogens is 515 g/mol. The Bertz CT molecular complexity index is 1540. The van der Waals surface area contributed by atoms with Crippen LogP contribution in [-0.2, 0) is 9.84 Å². The summed E-state index contributed by atoms with van der Waals surface area (Å²) in [6.45, 7) is 2.94. The Morgan fingerprint density at radius 1 is 1.16 bits per heavy atom. The monoisotopic (exact) mass is 541 g/mol. The fourth-order valence-corrected chi connectivity index (χ4v) is 6.47. The number of benzene rings is 2. The molecule has 0 bridgehead atoms. The number of carbonyl (C=O) groups is 1. The maximum atomic E-state index is 14.9. The van der Waals surface area contributed by atoms with Crippen LogP contribution in [0.5, 0.6) is 5.75 Å². The predicted octanol–water partition coefficient (Wildman–Crippen LogP) is 2.78. The Morgan fingerprint density at radius 2 is 1.81 bits per heavy atom. The van der Waals surface area contributed by atoms with Crippen molar-refractivity contribution < 1.29 is 36.2 Å². The van der Waals surface area contributed by atoms with Crippen LogP contribution in [0.4, 0.5) is 13.2 Å². The molecule has 0 aliphatic carbocycles. The number of carbonyl (C=O) groups excluding carboxylic acids is 1. The molecule has 37 heavy (non-hydrogen) atoms. The zero-order chi connectivity index (χ0) is 27.5. The highest BCUT2D eigenvalue weighted by molar-refractivity contribution is 7.93. The van der Waals surface area contributed by atoms with Crippen molar-refractivity contribution in [3.05, 3.63) is 58.3 Å². The average molecular weight is 542 g/mol. The van der Waals surface area contributed by atoms with Crippen molar-refractivity contribution in [2.75, 3.05) is 11.5 Å². The van der Waals surface area contributed by atoms with Gasteiger partial charge in [-0.25, -0.2) is 17.6 Å². The van der Waals surface area contributed by atoms with Gasteiger partial charge in [0.15, 0.2) is 9.84 Å². The molecule has 0 saturated carbocycles. The van der Waals surface area contributed by atoms with Gasteiger partial charge in [0.2, 0.25) is 0 Å². The smallest absolute Gasteiger partial charge is 0.387 e. The van der Waals surface area contributed by atoms with Gasteiger partial charge >= 0.3 is 12.3 Å². The Kier molecular flexibility index (Phi) is 6.44. The summed E-state index contributed by atoms with van der Waals surface area (Å²) in [7, 11) is -3.22. The van der Waals surface area contributed by atoms with Gasteiger partial charge in [0.25, 0.3) is 5.91 Å². The van der Waals surface area contributed by atoms with Crippen molar-refractivity contribution in [1.29, 1.82) is 0 Å². The molecule has 1 amide bonds. The summed E-state index contributed by atoms with van der Waals surface area (Å²) in [6, 6.07) is 6.12. The van der Waals surface area contributed by atoms with Gasteiger partial charge in [-0.2, -0.15) is 8.78 Å². The first-order valence-corrected chi connectivity index (χ1v) is 13.1. The number of alkyl halides is 2. The van der Waals surface area contributed by atoms with Crippen LogP contribution in [-0.4, -0.2) is 57.8 Å². The fraction of sp³-hybridized carbons (Fsp3) is 0.417. The highest BCUT2D eigenvalue weighted by Crippen LogP contribution is 2.30. The van der Waals surface area contributed by atoms with Crippen LogP contribution in [0.2, 0.25) is 0 Å². The molecule has 1 aliphatic heterocycles. The molecule has 13 heteroatoms. The van der Waals surface area contributed by atoms with Crippen molar-refractivity contribution in [2.24, 2.45) is 0 Å². The zero-order valence-corrected chi connectivity index (χ0v) is 21.3. The fourth-order valence-electron chi connectivity index (χ4n) is 4.47. The predicted molar refractivity (Wildman–Crippen MR) is 130 cm³/mol. The summed E-state index contributed by atoms with van der Waals surface area (Å²) in [5, 5.41) is 13.3. The molecule has 0 spiro atoms. The quantitative estimate of drug-likeness (QED) is 0.475. The van der Waals surface area contributed by atoms with E-state index in [1.54, 1.807) is 13.8 Å². The van der Waals surface area contributed by atoms with E-state index in [1.165, 1.54) is 36.6 Å². The van der Waals surface area contributed by atoms with Crippen molar-refractivity contribution in [1.82, 2.24) is 14.5 Å². The minimum atomic E-state index is -3.22. The highest BCUT2D eigenvalue weighted by Gasteiger charge is 2.45. The van der Waals surface area contributed by atoms with E-state index < -0.39 is 51.0 Å². The number of nitrogens with zero attached hydrogens (tertiary/aromatic N) is 2. The number of hydrogen-bond acceptors (Lipinski definition) is 6. The molecule has 2 aromatic carbocycles. The number of rotatable bonds is 7. The van der Waals surface area contributed by atoms with Crippen LogP contribution < -0.4 is 15.7 Å². The average Bonchev–Trinajstić information content (AvgIpc) is 3.02. The number of imidazole rings is 1. The van der Waals surface area contributed by atoms with Crippen molar-refractivity contribution in [2.45, 2.75) is 51.5 Å². The SMILES string of the molecule is C[C@@H](n1c(=O)n(-c2cc(OC(F)F)ccc2F)c2ccc(C(=O)NC3(C)CS(=O)(=O)C3)cc21)C(C)(C)O. The number of halogens is 3. The number of nitrogens with one attached hydrogen (secondary N) is 1. The van der Waals surface area contributed by atoms with Crippen LogP contribution in [0.1, 0.15) is 44.1 Å². The van der Waals surface area contributed by atoms with Gasteiger partial charge in [0.05, 0.1) is 45.4 Å². The number of aromatic nitrogens is 2. The number of hydrogen-bond donors (Lipinski definition) is 2. The van der Waals surface area contributed by atoms with Crippen LogP contribution in [0, 0.1) is 5.82 Å². The van der Waals surface area contributed by atoms with Gasteiger partial charge in [0.1, 0.15) is 11.6 Å². The lowest BCUT2D eigenvalue weighted by atomic mass is 10.0. The molecule has 2 N–H and O–H groups in total. The van der Waals surface area contributed by atoms with Gasteiger partial charge in [0, 0.05) is 11.6 Å². The van der Waals surface area contributed by atoms with Crippen LogP contribution in [0.25, 0.3) is 16.7 Å². The van der Waals surface area contributed by atoms with Gasteiger partial charge < -0.3 is 15.2 Å². The summed E-state index contributed by atoms with van der Waals surface area (Å²) in [5.41, 5.74) is -3.10. The summed E-state index contributed by atoms with van der Waals surface area (Å²) in [5.74, 6) is -2.25. The maximum Gasteiger partial charge on any atom is 0.387 e. The van der Waals surface area contributed by atoms with Gasteiger partial charge in [-0.1, -0.05) is 0 Å². The lowest BCUT2D eigenvalue weighted by molar-refractivity contribution is -0.0498. The second-order valence-electron chi connectivity index (χ2n) is 10.1. The van der Waals surface area contributed by atoms with E-state index in [2.05, 4.69) is 10.1 Å². The third kappa shape index (κ3) is 5.10. The van der Waals surface area contributed by atoms with E-state index in [0.717, 1.165) is 22.8 Å². The molecule has 1 saturated heterocycles. The molecule has 0 radical (unpaired) electrons. The Labute approximate surface area is 210 Å². The molecule has 1 aliphatic rings. The molecular formula is C24H26F3N3O6S. The summed E-state index contributed by atoms with van der Waals surface area (Å²) in [6.07, 6.45) is 0. The van der Waals surface area contributed by atoms with Crippen LogP contribution in [0.15, 0.2) is 41.2 Å². The minimum absolute atomic E-state index is 0.0992. The van der Waals surface area contributed by atoms with E-state index in [1.807, 2.05) is 0 Å². The molecule has 1 fully saturated rings. The minimum Gasteiger partial charge on any atom is -0.435 e. The van der Waals surface area contributed by atoms with Gasteiger partial charge in [-0.05, 0) is 58.0 Å². The first kappa shape index (κ1) is 26.7. The summed E-state index contributed by atoms with van der Waals surface area (Å²) in [4.78, 5) is 26.5. The van der Waals surface area contributed by atoms with E-state index in [4.69, 9.17) is 0 Å². The highest BCUT2D eigenvalue weighted by atomic mass is 32.2. The molecule has 9 nitrogen and oxygen atoms in total. The lowest BCUT2D eigenvalue weighted by Gasteiger charge is -2.38. The Morgan fingerprint density at radius 3 is 2.38 bits per heavy atom. The zero-order valence-electron chi connectivity index (χ0n) is 20.5. The largest absolute Gasteiger partial charge is 0.435 e. The summed E-state index contributed by atoms with van der Waals surface area (Å²) < 4.78 is 70.1. The number of ether oxygens (including phenoxy) is 1. The molecule has 4 rings (SSSR count). The van der Waals surface area contributed by atoms with Gasteiger partial charge in [-0.3, -0.25) is 13.9 Å². The molecule has 1 atom stereocenters. The van der Waals surface area contributed by atoms with Crippen molar-refractivity contribution in [3.63, 3.8) is 0 Å². The second-order valence-corrected chi connectivity index (χ2v) is 12.1. The van der Waals surface area contributed by atoms with E-state index in [0.29, 0.717) is 0 Å². The lowest BCUT2D eigenvalue weighted by Crippen LogP contribution is -2.63. The summed E-state index contributed by atoms with van der Waals surface area (Å²) >= 11 is 0. The Hall–Kier alpha value is -3.32. The molecule has 1 aromatic heterocycles. The first-order chi connectivity index (χ1) is 17.0. The van der Waals surface area contributed by atoms with Crippen molar-refractivity contribution >= 4 is 26.8 Å².